The SMILES string of the molecule is COc1ccc(-c2csc(-c3cccc(-c4ccc(C=O)o4)c3)n2)cc1[N+](=O)[O-]. The number of rotatable bonds is 6. The molecular weight excluding hydrogens is 392 g/mol. The van der Waals surface area contributed by atoms with Crippen LogP contribution in [0.3, 0.4) is 0 Å². The number of carbonyl (C=O) groups is 1. The Hall–Kier alpha value is -3.78. The topological polar surface area (TPSA) is 95.5 Å². The van der Waals surface area contributed by atoms with Crippen LogP contribution >= 0.6 is 11.3 Å². The van der Waals surface area contributed by atoms with E-state index >= 15 is 0 Å². The summed E-state index contributed by atoms with van der Waals surface area (Å²) in [5.41, 5.74) is 2.88. The molecule has 0 aliphatic heterocycles. The van der Waals surface area contributed by atoms with E-state index in [1.165, 1.54) is 24.5 Å². The van der Waals surface area contributed by atoms with Gasteiger partial charge in [0.05, 0.1) is 17.7 Å². The van der Waals surface area contributed by atoms with Crippen molar-refractivity contribution in [3.05, 3.63) is 75.9 Å². The van der Waals surface area contributed by atoms with Gasteiger partial charge in [0.25, 0.3) is 0 Å². The van der Waals surface area contributed by atoms with Crippen molar-refractivity contribution >= 4 is 23.3 Å². The fourth-order valence-corrected chi connectivity index (χ4v) is 3.73. The van der Waals surface area contributed by atoms with Crippen LogP contribution in [0.2, 0.25) is 0 Å². The standard InChI is InChI=1S/C21H14N2O5S/c1-27-20-7-5-13(10-18(20)23(25)26)17-12-29-21(22-17)15-4-2-3-14(9-15)19-8-6-16(11-24)28-19/h2-12H,1H3. The van der Waals surface area contributed by atoms with E-state index in [9.17, 15) is 14.9 Å². The molecule has 0 aliphatic rings. The molecule has 0 amide bonds. The molecule has 29 heavy (non-hydrogen) atoms. The summed E-state index contributed by atoms with van der Waals surface area (Å²) in [6, 6.07) is 15.7. The highest BCUT2D eigenvalue weighted by Crippen LogP contribution is 2.35. The molecule has 0 saturated carbocycles. The molecule has 8 heteroatoms. The molecule has 2 aromatic carbocycles. The van der Waals surface area contributed by atoms with Crippen LogP contribution in [0.25, 0.3) is 33.2 Å². The first-order chi connectivity index (χ1) is 14.1. The van der Waals surface area contributed by atoms with Crippen molar-refractivity contribution in [2.24, 2.45) is 0 Å². The Bertz CT molecular complexity index is 1210. The van der Waals surface area contributed by atoms with Crippen molar-refractivity contribution in [1.29, 1.82) is 0 Å². The lowest BCUT2D eigenvalue weighted by Gasteiger charge is -2.03. The van der Waals surface area contributed by atoms with E-state index in [1.54, 1.807) is 24.3 Å². The van der Waals surface area contributed by atoms with Gasteiger partial charge in [-0.3, -0.25) is 14.9 Å². The number of nitro groups is 1. The number of aldehydes is 1. The monoisotopic (exact) mass is 406 g/mol. The first-order valence-corrected chi connectivity index (χ1v) is 9.41. The molecule has 0 fully saturated rings. The maximum absolute atomic E-state index is 11.3. The fourth-order valence-electron chi connectivity index (χ4n) is 2.91. The molecule has 0 aliphatic carbocycles. The highest BCUT2D eigenvalue weighted by Gasteiger charge is 2.17. The molecule has 0 N–H and O–H groups in total. The third-order valence-corrected chi connectivity index (χ3v) is 5.20. The zero-order valence-electron chi connectivity index (χ0n) is 15.2. The van der Waals surface area contributed by atoms with Crippen molar-refractivity contribution < 1.29 is 18.9 Å². The van der Waals surface area contributed by atoms with E-state index in [0.29, 0.717) is 23.3 Å². The number of hydrogen-bond donors (Lipinski definition) is 0. The zero-order valence-corrected chi connectivity index (χ0v) is 16.0. The number of carbonyl (C=O) groups excluding carboxylic acids is 1. The summed E-state index contributed by atoms with van der Waals surface area (Å²) in [5, 5.41) is 13.9. The molecule has 0 bridgehead atoms. The largest absolute Gasteiger partial charge is 0.490 e. The Morgan fingerprint density at radius 3 is 2.66 bits per heavy atom. The number of ether oxygens (including phenoxy) is 1. The van der Waals surface area contributed by atoms with Crippen LogP contribution in [-0.4, -0.2) is 23.3 Å². The Kier molecular flexibility index (Phi) is 4.92. The number of furan rings is 1. The minimum absolute atomic E-state index is 0.106. The predicted octanol–water partition coefficient (Wildman–Crippen LogP) is 5.47. The number of benzene rings is 2. The quantitative estimate of drug-likeness (QED) is 0.239. The number of aromatic nitrogens is 1. The number of methoxy groups -OCH3 is 1. The molecule has 4 aromatic rings. The highest BCUT2D eigenvalue weighted by molar-refractivity contribution is 7.13. The summed E-state index contributed by atoms with van der Waals surface area (Å²) in [6.07, 6.45) is 0.661. The Labute approximate surface area is 169 Å². The Balaban J connectivity index is 1.68. The molecule has 7 nitrogen and oxygen atoms in total. The predicted molar refractivity (Wildman–Crippen MR) is 109 cm³/mol. The molecule has 144 valence electrons. The van der Waals surface area contributed by atoms with E-state index in [4.69, 9.17) is 9.15 Å². The van der Waals surface area contributed by atoms with Crippen molar-refractivity contribution in [2.45, 2.75) is 0 Å². The second-order valence-electron chi connectivity index (χ2n) is 6.08. The minimum atomic E-state index is -0.476. The first kappa shape index (κ1) is 18.6. The van der Waals surface area contributed by atoms with Gasteiger partial charge in [0, 0.05) is 28.1 Å². The second kappa shape index (κ2) is 7.69. The lowest BCUT2D eigenvalue weighted by Crippen LogP contribution is -1.94. The molecule has 0 unspecified atom stereocenters. The Morgan fingerprint density at radius 1 is 1.10 bits per heavy atom. The van der Waals surface area contributed by atoms with Gasteiger partial charge in [-0.25, -0.2) is 4.98 Å². The van der Waals surface area contributed by atoms with Gasteiger partial charge < -0.3 is 9.15 Å². The smallest absolute Gasteiger partial charge is 0.311 e. The Morgan fingerprint density at radius 2 is 1.93 bits per heavy atom. The number of nitrogens with zero attached hydrogens (tertiary/aromatic N) is 2. The van der Waals surface area contributed by atoms with Crippen LogP contribution in [0.15, 0.2) is 64.4 Å². The van der Waals surface area contributed by atoms with Crippen LogP contribution in [0.4, 0.5) is 5.69 Å². The van der Waals surface area contributed by atoms with Crippen LogP contribution in [0.1, 0.15) is 10.6 Å². The summed E-state index contributed by atoms with van der Waals surface area (Å²) in [6.45, 7) is 0. The van der Waals surface area contributed by atoms with Crippen LogP contribution < -0.4 is 4.74 Å². The van der Waals surface area contributed by atoms with E-state index < -0.39 is 4.92 Å². The van der Waals surface area contributed by atoms with Gasteiger partial charge in [0.2, 0.25) is 0 Å². The van der Waals surface area contributed by atoms with Gasteiger partial charge in [-0.15, -0.1) is 11.3 Å². The van der Waals surface area contributed by atoms with Crippen LogP contribution in [0.5, 0.6) is 5.75 Å². The second-order valence-corrected chi connectivity index (χ2v) is 6.94. The minimum Gasteiger partial charge on any atom is -0.490 e. The zero-order chi connectivity index (χ0) is 20.4. The summed E-state index contributed by atoms with van der Waals surface area (Å²) in [7, 11) is 1.40. The van der Waals surface area contributed by atoms with Gasteiger partial charge in [-0.2, -0.15) is 0 Å². The molecule has 0 spiro atoms. The summed E-state index contributed by atoms with van der Waals surface area (Å²) in [4.78, 5) is 26.3. The van der Waals surface area contributed by atoms with E-state index in [-0.39, 0.29) is 17.2 Å². The molecule has 0 saturated heterocycles. The molecule has 2 aromatic heterocycles. The summed E-state index contributed by atoms with van der Waals surface area (Å²) >= 11 is 1.44. The molecule has 2 heterocycles. The van der Waals surface area contributed by atoms with Crippen molar-refractivity contribution in [1.82, 2.24) is 4.98 Å². The third kappa shape index (κ3) is 3.65. The maximum Gasteiger partial charge on any atom is 0.311 e. The van der Waals surface area contributed by atoms with Gasteiger partial charge >= 0.3 is 5.69 Å². The summed E-state index contributed by atoms with van der Waals surface area (Å²) in [5.74, 6) is 1.06. The van der Waals surface area contributed by atoms with E-state index in [0.717, 1.165) is 16.1 Å². The summed E-state index contributed by atoms with van der Waals surface area (Å²) < 4.78 is 10.5. The third-order valence-electron chi connectivity index (χ3n) is 4.31. The highest BCUT2D eigenvalue weighted by atomic mass is 32.1. The van der Waals surface area contributed by atoms with Crippen molar-refractivity contribution in [3.63, 3.8) is 0 Å². The molecule has 0 atom stereocenters. The molecular formula is C21H14N2O5S. The van der Waals surface area contributed by atoms with Gasteiger partial charge in [-0.1, -0.05) is 18.2 Å². The number of nitro benzene ring substituents is 1. The maximum atomic E-state index is 11.3. The van der Waals surface area contributed by atoms with Crippen LogP contribution in [-0.2, 0) is 0 Å². The number of thiazole rings is 1. The average molecular weight is 406 g/mol. The van der Waals surface area contributed by atoms with Gasteiger partial charge in [0.15, 0.2) is 17.8 Å². The lowest BCUT2D eigenvalue weighted by atomic mass is 10.1. The normalized spacial score (nSPS) is 10.7. The van der Waals surface area contributed by atoms with E-state index in [1.807, 2.05) is 29.6 Å². The van der Waals surface area contributed by atoms with Crippen molar-refractivity contribution in [3.8, 4) is 38.9 Å². The fraction of sp³-hybridized carbons (Fsp3) is 0.0476. The average Bonchev–Trinajstić information content (AvgIpc) is 3.43. The van der Waals surface area contributed by atoms with Crippen molar-refractivity contribution in [2.75, 3.05) is 7.11 Å². The first-order valence-electron chi connectivity index (χ1n) is 8.53. The van der Waals surface area contributed by atoms with Crippen LogP contribution in [0, 0.1) is 10.1 Å². The van der Waals surface area contributed by atoms with Gasteiger partial charge in [-0.05, 0) is 30.3 Å². The van der Waals surface area contributed by atoms with E-state index in [2.05, 4.69) is 4.98 Å². The molecule has 4 rings (SSSR count). The molecule has 0 radical (unpaired) electrons. The number of hydrogen-bond acceptors (Lipinski definition) is 7. The lowest BCUT2D eigenvalue weighted by molar-refractivity contribution is -0.385. The van der Waals surface area contributed by atoms with Gasteiger partial charge in [0.1, 0.15) is 10.8 Å².